The molecule has 2 aliphatic rings. The lowest BCUT2D eigenvalue weighted by Gasteiger charge is -2.30. The van der Waals surface area contributed by atoms with Crippen LogP contribution in [0.5, 0.6) is 5.75 Å². The Kier molecular flexibility index (Phi) is 4.96. The number of amides is 1. The fourth-order valence-electron chi connectivity index (χ4n) is 4.49. The molecule has 5 heteroatoms. The molecule has 2 fully saturated rings. The van der Waals surface area contributed by atoms with Gasteiger partial charge in [0.1, 0.15) is 5.75 Å². The Bertz CT molecular complexity index is 764. The minimum Gasteiger partial charge on any atom is -0.497 e. The van der Waals surface area contributed by atoms with Crippen molar-refractivity contribution in [3.05, 3.63) is 36.2 Å². The molecule has 138 valence electrons. The minimum atomic E-state index is 0.105. The summed E-state index contributed by atoms with van der Waals surface area (Å²) in [6.45, 7) is 0.858. The van der Waals surface area contributed by atoms with Gasteiger partial charge in [0, 0.05) is 18.0 Å². The third-order valence-corrected chi connectivity index (χ3v) is 5.87. The molecular formula is C21H27N3O2. The van der Waals surface area contributed by atoms with Crippen molar-refractivity contribution in [3.63, 3.8) is 0 Å². The maximum Gasteiger partial charge on any atom is 0.226 e. The summed E-state index contributed by atoms with van der Waals surface area (Å²) in [5, 5.41) is 7.49. The fraction of sp³-hybridized carbons (Fsp3) is 0.524. The van der Waals surface area contributed by atoms with Crippen LogP contribution in [0.15, 0.2) is 30.5 Å². The lowest BCUT2D eigenvalue weighted by molar-refractivity contribution is -0.137. The molecule has 2 aromatic rings. The molecule has 0 spiro atoms. The second kappa shape index (κ2) is 7.52. The van der Waals surface area contributed by atoms with Crippen molar-refractivity contribution >= 4 is 5.91 Å². The molecule has 1 atom stereocenters. The Morgan fingerprint density at radius 1 is 1.19 bits per heavy atom. The van der Waals surface area contributed by atoms with Crippen LogP contribution >= 0.6 is 0 Å². The fourth-order valence-corrected chi connectivity index (χ4v) is 4.49. The van der Waals surface area contributed by atoms with Crippen molar-refractivity contribution in [1.29, 1.82) is 0 Å². The summed E-state index contributed by atoms with van der Waals surface area (Å²) in [6, 6.07) is 8.13. The second-order valence-corrected chi connectivity index (χ2v) is 7.45. The highest BCUT2D eigenvalue weighted by atomic mass is 16.5. The summed E-state index contributed by atoms with van der Waals surface area (Å²) < 4.78 is 5.36. The summed E-state index contributed by atoms with van der Waals surface area (Å²) in [5.74, 6) is 1.39. The lowest BCUT2D eigenvalue weighted by Crippen LogP contribution is -2.36. The average Bonchev–Trinajstić information content (AvgIpc) is 3.37. The molecule has 1 N–H and O–H groups in total. The van der Waals surface area contributed by atoms with Crippen LogP contribution in [0.1, 0.15) is 56.7 Å². The van der Waals surface area contributed by atoms with Gasteiger partial charge in [0.25, 0.3) is 0 Å². The molecule has 0 radical (unpaired) electrons. The molecule has 2 heterocycles. The number of H-pyrrole nitrogens is 1. The number of ether oxygens (including phenoxy) is 1. The zero-order valence-corrected chi connectivity index (χ0v) is 15.4. The maximum absolute atomic E-state index is 13.1. The molecule has 4 rings (SSSR count). The van der Waals surface area contributed by atoms with E-state index in [4.69, 9.17) is 4.74 Å². The van der Waals surface area contributed by atoms with E-state index in [2.05, 4.69) is 21.2 Å². The van der Waals surface area contributed by atoms with Gasteiger partial charge in [-0.1, -0.05) is 31.4 Å². The summed E-state index contributed by atoms with van der Waals surface area (Å²) in [6.07, 6.45) is 9.67. The Morgan fingerprint density at radius 2 is 2.04 bits per heavy atom. The van der Waals surface area contributed by atoms with Crippen LogP contribution < -0.4 is 4.74 Å². The predicted molar refractivity (Wildman–Crippen MR) is 101 cm³/mol. The molecule has 5 nitrogen and oxygen atoms in total. The van der Waals surface area contributed by atoms with Crippen molar-refractivity contribution < 1.29 is 9.53 Å². The Labute approximate surface area is 154 Å². The molecule has 1 aliphatic heterocycles. The van der Waals surface area contributed by atoms with Crippen molar-refractivity contribution in [2.24, 2.45) is 5.92 Å². The number of methoxy groups -OCH3 is 1. The molecule has 0 bridgehead atoms. The van der Waals surface area contributed by atoms with Gasteiger partial charge in [0.05, 0.1) is 25.0 Å². The first-order chi connectivity index (χ1) is 12.8. The molecule has 1 saturated heterocycles. The Morgan fingerprint density at radius 3 is 2.85 bits per heavy atom. The van der Waals surface area contributed by atoms with E-state index >= 15 is 0 Å². The molecular weight excluding hydrogens is 326 g/mol. The molecule has 26 heavy (non-hydrogen) atoms. The first kappa shape index (κ1) is 17.1. The van der Waals surface area contributed by atoms with Gasteiger partial charge in [0.15, 0.2) is 0 Å². The highest BCUT2D eigenvalue weighted by Gasteiger charge is 2.36. The van der Waals surface area contributed by atoms with Crippen LogP contribution in [0.3, 0.4) is 0 Å². The van der Waals surface area contributed by atoms with Crippen LogP contribution in [0.2, 0.25) is 0 Å². The monoisotopic (exact) mass is 353 g/mol. The topological polar surface area (TPSA) is 58.2 Å². The first-order valence-electron chi connectivity index (χ1n) is 9.76. The average molecular weight is 353 g/mol. The molecule has 1 aliphatic carbocycles. The quantitative estimate of drug-likeness (QED) is 0.890. The number of nitrogens with zero attached hydrogens (tertiary/aromatic N) is 2. The van der Waals surface area contributed by atoms with E-state index in [0.29, 0.717) is 5.91 Å². The molecule has 1 aromatic carbocycles. The Balaban J connectivity index is 1.60. The third kappa shape index (κ3) is 3.22. The van der Waals surface area contributed by atoms with Gasteiger partial charge in [-0.05, 0) is 43.4 Å². The largest absolute Gasteiger partial charge is 0.497 e. The number of hydrogen-bond acceptors (Lipinski definition) is 3. The zero-order valence-electron chi connectivity index (χ0n) is 15.4. The minimum absolute atomic E-state index is 0.105. The highest BCUT2D eigenvalue weighted by Crippen LogP contribution is 2.39. The number of rotatable bonds is 4. The van der Waals surface area contributed by atoms with E-state index in [1.54, 1.807) is 7.11 Å². The normalized spacial score (nSPS) is 21.1. The van der Waals surface area contributed by atoms with E-state index in [-0.39, 0.29) is 12.0 Å². The van der Waals surface area contributed by atoms with Gasteiger partial charge < -0.3 is 9.64 Å². The van der Waals surface area contributed by atoms with Crippen LogP contribution in [-0.2, 0) is 4.79 Å². The van der Waals surface area contributed by atoms with Crippen LogP contribution in [0.4, 0.5) is 0 Å². The van der Waals surface area contributed by atoms with Crippen LogP contribution in [0.25, 0.3) is 11.1 Å². The number of likely N-dealkylation sites (tertiary alicyclic amines) is 1. The molecule has 1 amide bonds. The zero-order chi connectivity index (χ0) is 17.9. The standard InChI is InChI=1S/C21H27N3O2/c1-26-17-10-5-9-16(13-17)18-14-22-23-20(18)19-11-6-12-24(19)21(25)15-7-3-2-4-8-15/h5,9-10,13-15,19H,2-4,6-8,11-12H2,1H3,(H,22,23). The van der Waals surface area contributed by atoms with Crippen molar-refractivity contribution in [3.8, 4) is 16.9 Å². The summed E-state index contributed by atoms with van der Waals surface area (Å²) >= 11 is 0. The van der Waals surface area contributed by atoms with Crippen molar-refractivity contribution in [2.75, 3.05) is 13.7 Å². The molecule has 1 unspecified atom stereocenters. The SMILES string of the molecule is COc1cccc(-c2cn[nH]c2C2CCCN2C(=O)C2CCCCC2)c1. The van der Waals surface area contributed by atoms with Crippen LogP contribution in [0, 0.1) is 5.92 Å². The highest BCUT2D eigenvalue weighted by molar-refractivity contribution is 5.80. The van der Waals surface area contributed by atoms with E-state index in [1.165, 1.54) is 19.3 Å². The second-order valence-electron chi connectivity index (χ2n) is 7.45. The maximum atomic E-state index is 13.1. The van der Waals surface area contributed by atoms with Crippen LogP contribution in [-0.4, -0.2) is 34.7 Å². The van der Waals surface area contributed by atoms with Gasteiger partial charge in [-0.2, -0.15) is 5.10 Å². The number of carbonyl (C=O) groups excluding carboxylic acids is 1. The number of aromatic amines is 1. The summed E-state index contributed by atoms with van der Waals surface area (Å²) in [5.41, 5.74) is 3.20. The lowest BCUT2D eigenvalue weighted by atomic mass is 9.88. The van der Waals surface area contributed by atoms with Crippen molar-refractivity contribution in [1.82, 2.24) is 15.1 Å². The number of nitrogens with one attached hydrogen (secondary N) is 1. The first-order valence-corrected chi connectivity index (χ1v) is 9.76. The molecule has 1 aromatic heterocycles. The van der Waals surface area contributed by atoms with E-state index in [9.17, 15) is 4.79 Å². The summed E-state index contributed by atoms with van der Waals surface area (Å²) in [7, 11) is 1.68. The van der Waals surface area contributed by atoms with Gasteiger partial charge >= 0.3 is 0 Å². The van der Waals surface area contributed by atoms with E-state index in [0.717, 1.165) is 54.8 Å². The summed E-state index contributed by atoms with van der Waals surface area (Å²) in [4.78, 5) is 15.2. The van der Waals surface area contributed by atoms with E-state index < -0.39 is 0 Å². The number of benzene rings is 1. The number of carbonyl (C=O) groups is 1. The van der Waals surface area contributed by atoms with Crippen molar-refractivity contribution in [2.45, 2.75) is 51.0 Å². The van der Waals surface area contributed by atoms with Gasteiger partial charge in [-0.3, -0.25) is 9.89 Å². The van der Waals surface area contributed by atoms with Gasteiger partial charge in [-0.15, -0.1) is 0 Å². The molecule has 1 saturated carbocycles. The third-order valence-electron chi connectivity index (χ3n) is 5.87. The van der Waals surface area contributed by atoms with E-state index in [1.807, 2.05) is 24.4 Å². The Hall–Kier alpha value is -2.30. The number of aromatic nitrogens is 2. The van der Waals surface area contributed by atoms with Gasteiger partial charge in [0.2, 0.25) is 5.91 Å². The number of hydrogen-bond donors (Lipinski definition) is 1. The van der Waals surface area contributed by atoms with Gasteiger partial charge in [-0.25, -0.2) is 0 Å². The predicted octanol–water partition coefficient (Wildman–Crippen LogP) is 4.33. The smallest absolute Gasteiger partial charge is 0.226 e.